The van der Waals surface area contributed by atoms with Gasteiger partial charge in [-0.15, -0.1) is 0 Å². The summed E-state index contributed by atoms with van der Waals surface area (Å²) >= 11 is 0. The van der Waals surface area contributed by atoms with E-state index in [0.717, 1.165) is 60.5 Å². The molecule has 3 heterocycles. The zero-order chi connectivity index (χ0) is 42.4. The third-order valence-electron chi connectivity index (χ3n) is 12.3. The lowest BCUT2D eigenvalue weighted by Crippen LogP contribution is -2.00. The van der Waals surface area contributed by atoms with Crippen molar-refractivity contribution in [3.63, 3.8) is 0 Å². The molecule has 298 valence electrons. The Morgan fingerprint density at radius 1 is 0.219 bits per heavy atom. The van der Waals surface area contributed by atoms with Crippen molar-refractivity contribution in [3.8, 4) is 56.4 Å². The second-order valence-electron chi connectivity index (χ2n) is 16.1. The predicted molar refractivity (Wildman–Crippen MR) is 265 cm³/mol. The van der Waals surface area contributed by atoms with Crippen molar-refractivity contribution in [3.05, 3.63) is 225 Å². The Morgan fingerprint density at radius 2 is 0.562 bits per heavy atom. The molecule has 0 aliphatic carbocycles. The van der Waals surface area contributed by atoms with E-state index in [1.54, 1.807) is 12.4 Å². The summed E-state index contributed by atoms with van der Waals surface area (Å²) in [6, 6.07) is 71.2. The van der Waals surface area contributed by atoms with E-state index < -0.39 is 0 Å². The van der Waals surface area contributed by atoms with E-state index >= 15 is 0 Å². The number of hydrogen-bond acceptors (Lipinski definition) is 5. The van der Waals surface area contributed by atoms with Crippen LogP contribution >= 0.6 is 0 Å². The van der Waals surface area contributed by atoms with Crippen molar-refractivity contribution < 1.29 is 0 Å². The van der Waals surface area contributed by atoms with E-state index in [1.165, 1.54) is 43.1 Å². The lowest BCUT2D eigenvalue weighted by molar-refractivity contribution is 1.07. The molecule has 12 rings (SSSR count). The molecule has 9 aromatic carbocycles. The Balaban J connectivity index is 1.19. The summed E-state index contributed by atoms with van der Waals surface area (Å²) in [4.78, 5) is 24.6. The third-order valence-corrected chi connectivity index (χ3v) is 12.3. The first-order valence-electron chi connectivity index (χ1n) is 21.5. The lowest BCUT2D eigenvalue weighted by Gasteiger charge is -2.13. The number of benzene rings is 8. The van der Waals surface area contributed by atoms with Gasteiger partial charge in [0.2, 0.25) is 0 Å². The fraction of sp³-hybridized carbons (Fsp3) is 0. The fourth-order valence-corrected chi connectivity index (χ4v) is 9.19. The number of aromatic nitrogens is 5. The van der Waals surface area contributed by atoms with Crippen molar-refractivity contribution in [2.24, 2.45) is 0 Å². The first-order chi connectivity index (χ1) is 31.7. The minimum absolute atomic E-state index is 0.583. The molecule has 64 heavy (non-hydrogen) atoms. The van der Waals surface area contributed by atoms with Crippen LogP contribution in [0.2, 0.25) is 0 Å². The molecule has 12 aromatic rings. The van der Waals surface area contributed by atoms with Crippen LogP contribution < -0.4 is 0 Å². The standard InChI is InChI=1S/C59H37N5/c1-2-14-41-34-56-54(33-40(41)13-1)52-26-8-7-24-50(52)48-22-4-3-21-47(48)49-23-5-6-25-51(49)53-28-27-44(35-55(53)56)59-63-57(42-17-9-15-38(31-42)45-19-11-29-60-36-45)62-58(64-59)43-18-10-16-39(32-43)46-20-12-30-61-37-46/h1-37H. The lowest BCUT2D eigenvalue weighted by atomic mass is 9.92. The molecule has 5 heteroatoms. The normalized spacial score (nSPS) is 11.4. The van der Waals surface area contributed by atoms with Crippen molar-refractivity contribution in [2.75, 3.05) is 0 Å². The van der Waals surface area contributed by atoms with Gasteiger partial charge in [-0.3, -0.25) is 9.97 Å². The average molecular weight is 816 g/mol. The average Bonchev–Trinajstić information content (AvgIpc) is 3.38. The molecule has 0 atom stereocenters. The largest absolute Gasteiger partial charge is 0.264 e. The minimum Gasteiger partial charge on any atom is -0.264 e. The first-order valence-corrected chi connectivity index (χ1v) is 21.5. The molecular formula is C59H37N5. The van der Waals surface area contributed by atoms with Crippen LogP contribution in [0.1, 0.15) is 0 Å². The second-order valence-corrected chi connectivity index (χ2v) is 16.1. The Morgan fingerprint density at radius 3 is 1.00 bits per heavy atom. The molecule has 0 spiro atoms. The Hall–Kier alpha value is -8.67. The zero-order valence-corrected chi connectivity index (χ0v) is 34.6. The van der Waals surface area contributed by atoms with Crippen molar-refractivity contribution in [2.45, 2.75) is 0 Å². The van der Waals surface area contributed by atoms with E-state index in [1.807, 2.05) is 24.5 Å². The van der Waals surface area contributed by atoms with Crippen LogP contribution in [0.15, 0.2) is 225 Å². The van der Waals surface area contributed by atoms with Gasteiger partial charge in [0, 0.05) is 52.6 Å². The summed E-state index contributed by atoms with van der Waals surface area (Å²) in [7, 11) is 0. The van der Waals surface area contributed by atoms with E-state index in [-0.39, 0.29) is 0 Å². The van der Waals surface area contributed by atoms with E-state index in [2.05, 4.69) is 198 Å². The molecule has 0 bridgehead atoms. The monoisotopic (exact) mass is 815 g/mol. The van der Waals surface area contributed by atoms with Gasteiger partial charge in [0.05, 0.1) is 0 Å². The number of fused-ring (bicyclic) bond motifs is 11. The topological polar surface area (TPSA) is 64.5 Å². The molecule has 0 aliphatic heterocycles. The number of pyridine rings is 2. The molecule has 0 unspecified atom stereocenters. The Bertz CT molecular complexity index is 3750. The van der Waals surface area contributed by atoms with Gasteiger partial charge in [-0.05, 0) is 118 Å². The molecule has 0 aliphatic rings. The Kier molecular flexibility index (Phi) is 9.08. The van der Waals surface area contributed by atoms with Gasteiger partial charge in [0.1, 0.15) is 0 Å². The van der Waals surface area contributed by atoms with Crippen LogP contribution in [0.25, 0.3) is 121 Å². The van der Waals surface area contributed by atoms with Gasteiger partial charge in [-0.2, -0.15) is 0 Å². The van der Waals surface area contributed by atoms with Gasteiger partial charge >= 0.3 is 0 Å². The van der Waals surface area contributed by atoms with Gasteiger partial charge < -0.3 is 0 Å². The number of hydrogen-bond donors (Lipinski definition) is 0. The highest BCUT2D eigenvalue weighted by molar-refractivity contribution is 6.27. The number of nitrogens with zero attached hydrogens (tertiary/aromatic N) is 5. The summed E-state index contributed by atoms with van der Waals surface area (Å²) in [5.41, 5.74) is 6.76. The molecule has 5 nitrogen and oxygen atoms in total. The first kappa shape index (κ1) is 37.1. The van der Waals surface area contributed by atoms with Crippen molar-refractivity contribution >= 4 is 64.6 Å². The maximum absolute atomic E-state index is 5.31. The Labute approximate surface area is 369 Å². The van der Waals surface area contributed by atoms with Crippen LogP contribution in [0.4, 0.5) is 0 Å². The van der Waals surface area contributed by atoms with E-state index in [4.69, 9.17) is 15.0 Å². The molecule has 0 saturated heterocycles. The third kappa shape index (κ3) is 6.64. The summed E-state index contributed by atoms with van der Waals surface area (Å²) in [6.07, 6.45) is 7.34. The van der Waals surface area contributed by atoms with E-state index in [0.29, 0.717) is 17.5 Å². The highest BCUT2D eigenvalue weighted by Gasteiger charge is 2.16. The van der Waals surface area contributed by atoms with Gasteiger partial charge in [-0.25, -0.2) is 15.0 Å². The SMILES string of the molecule is c1cncc(-c2cccc(-c3nc(-c4cccc(-c5cccnc5)c4)nc(-c4ccc5c6ccccc6c6ccccc6c6ccccc6c6cc7ccccc7cc6c5c4)n3)c2)c1. The molecule has 0 N–H and O–H groups in total. The predicted octanol–water partition coefficient (Wildman–Crippen LogP) is 15.0. The smallest absolute Gasteiger partial charge is 0.164 e. The highest BCUT2D eigenvalue weighted by atomic mass is 15.0. The molecule has 0 fully saturated rings. The summed E-state index contributed by atoms with van der Waals surface area (Å²) in [5.74, 6) is 1.75. The summed E-state index contributed by atoms with van der Waals surface area (Å²) in [6.45, 7) is 0. The maximum Gasteiger partial charge on any atom is 0.164 e. The molecule has 0 radical (unpaired) electrons. The fourth-order valence-electron chi connectivity index (χ4n) is 9.19. The van der Waals surface area contributed by atoms with Crippen LogP contribution in [-0.2, 0) is 0 Å². The van der Waals surface area contributed by atoms with Crippen LogP contribution in [0, 0.1) is 0 Å². The zero-order valence-electron chi connectivity index (χ0n) is 34.6. The minimum atomic E-state index is 0.583. The number of rotatable bonds is 5. The van der Waals surface area contributed by atoms with Gasteiger partial charge in [-0.1, -0.05) is 158 Å². The van der Waals surface area contributed by atoms with Crippen LogP contribution in [-0.4, -0.2) is 24.9 Å². The van der Waals surface area contributed by atoms with Crippen molar-refractivity contribution in [1.82, 2.24) is 24.9 Å². The molecule has 0 amide bonds. The van der Waals surface area contributed by atoms with E-state index in [9.17, 15) is 0 Å². The molecular weight excluding hydrogens is 779 g/mol. The quantitative estimate of drug-likeness (QED) is 0.173. The molecule has 0 saturated carbocycles. The van der Waals surface area contributed by atoms with Gasteiger partial charge in [0.15, 0.2) is 17.5 Å². The maximum atomic E-state index is 5.31. The molecule has 3 aromatic heterocycles. The summed E-state index contributed by atoms with van der Waals surface area (Å²) in [5, 5.41) is 14.0. The van der Waals surface area contributed by atoms with Crippen molar-refractivity contribution in [1.29, 1.82) is 0 Å². The second kappa shape index (κ2) is 15.7. The van der Waals surface area contributed by atoms with Crippen LogP contribution in [0.3, 0.4) is 0 Å². The van der Waals surface area contributed by atoms with Crippen LogP contribution in [0.5, 0.6) is 0 Å². The highest BCUT2D eigenvalue weighted by Crippen LogP contribution is 2.39. The van der Waals surface area contributed by atoms with Gasteiger partial charge in [0.25, 0.3) is 0 Å². The summed E-state index contributed by atoms with van der Waals surface area (Å²) < 4.78 is 0.